The Morgan fingerprint density at radius 1 is 1.19 bits per heavy atom. The second kappa shape index (κ2) is 6.94. The van der Waals surface area contributed by atoms with Gasteiger partial charge in [0.25, 0.3) is 0 Å². The highest BCUT2D eigenvalue weighted by Gasteiger charge is 2.50. The van der Waals surface area contributed by atoms with Crippen LogP contribution in [-0.4, -0.2) is 74.4 Å². The number of carbonyl (C=O) groups is 1. The maximum Gasteiger partial charge on any atom is 0.189 e. The van der Waals surface area contributed by atoms with E-state index in [2.05, 4.69) is 0 Å². The molecular formula is C18H28O8. The van der Waals surface area contributed by atoms with E-state index >= 15 is 0 Å². The molecule has 26 heavy (non-hydrogen) atoms. The standard InChI is InChI=1S/C18H28O8/c1-17(2)7-10(20)5-9-6-18(24,4-3-11(9)17)26-16-15(23)14(22)13(21)12(8-19)25-16/h5,11-16,19,21-24H,3-4,6-8H2,1-2H3/t11?,12-,13-,14+,15-,16+,18+/m1/s1. The summed E-state index contributed by atoms with van der Waals surface area (Å²) in [5.41, 5.74) is 0.621. The molecule has 3 rings (SSSR count). The Bertz CT molecular complexity index is 586. The molecule has 8 heteroatoms. The van der Waals surface area contributed by atoms with Gasteiger partial charge in [0, 0.05) is 19.3 Å². The summed E-state index contributed by atoms with van der Waals surface area (Å²) in [5, 5.41) is 49.9. The Morgan fingerprint density at radius 3 is 2.54 bits per heavy atom. The van der Waals surface area contributed by atoms with E-state index in [1.54, 1.807) is 6.08 Å². The van der Waals surface area contributed by atoms with Gasteiger partial charge in [-0.15, -0.1) is 0 Å². The second-order valence-corrected chi connectivity index (χ2v) is 8.38. The summed E-state index contributed by atoms with van der Waals surface area (Å²) in [6.45, 7) is 3.50. The van der Waals surface area contributed by atoms with Gasteiger partial charge < -0.3 is 35.0 Å². The van der Waals surface area contributed by atoms with Crippen LogP contribution in [0.2, 0.25) is 0 Å². The molecule has 5 N–H and O–H groups in total. The molecule has 0 spiro atoms. The Kier molecular flexibility index (Phi) is 5.31. The minimum atomic E-state index is -1.66. The minimum absolute atomic E-state index is 0.0124. The van der Waals surface area contributed by atoms with Crippen molar-refractivity contribution in [3.8, 4) is 0 Å². The molecule has 1 unspecified atom stereocenters. The van der Waals surface area contributed by atoms with Gasteiger partial charge >= 0.3 is 0 Å². The molecule has 0 aromatic heterocycles. The van der Waals surface area contributed by atoms with Crippen molar-refractivity contribution in [3.05, 3.63) is 11.6 Å². The zero-order valence-electron chi connectivity index (χ0n) is 15.0. The summed E-state index contributed by atoms with van der Waals surface area (Å²) >= 11 is 0. The van der Waals surface area contributed by atoms with E-state index < -0.39 is 43.1 Å². The van der Waals surface area contributed by atoms with Gasteiger partial charge in [0.05, 0.1) is 6.61 Å². The molecule has 0 bridgehead atoms. The average molecular weight is 372 g/mol. The fourth-order valence-electron chi connectivity index (χ4n) is 4.44. The zero-order chi connectivity index (χ0) is 19.3. The number of aliphatic hydroxyl groups is 5. The van der Waals surface area contributed by atoms with Crippen molar-refractivity contribution in [3.63, 3.8) is 0 Å². The average Bonchev–Trinajstić information content (AvgIpc) is 2.53. The molecule has 1 saturated carbocycles. The molecule has 0 aromatic carbocycles. The van der Waals surface area contributed by atoms with Crippen LogP contribution in [0.4, 0.5) is 0 Å². The predicted octanol–water partition coefficient (Wildman–Crippen LogP) is -0.783. The van der Waals surface area contributed by atoms with E-state index in [1.165, 1.54) is 0 Å². The lowest BCUT2D eigenvalue weighted by atomic mass is 9.62. The van der Waals surface area contributed by atoms with Crippen molar-refractivity contribution in [2.45, 2.75) is 76.0 Å². The number of aliphatic hydroxyl groups excluding tert-OH is 4. The fraction of sp³-hybridized carbons (Fsp3) is 0.833. The Morgan fingerprint density at radius 2 is 1.88 bits per heavy atom. The van der Waals surface area contributed by atoms with Crippen molar-refractivity contribution in [2.24, 2.45) is 11.3 Å². The topological polar surface area (TPSA) is 137 Å². The molecule has 3 aliphatic rings. The molecular weight excluding hydrogens is 344 g/mol. The highest BCUT2D eigenvalue weighted by molar-refractivity contribution is 5.92. The van der Waals surface area contributed by atoms with Crippen molar-refractivity contribution in [1.29, 1.82) is 0 Å². The van der Waals surface area contributed by atoms with Crippen LogP contribution < -0.4 is 0 Å². The number of hydrogen-bond acceptors (Lipinski definition) is 8. The highest BCUT2D eigenvalue weighted by Crippen LogP contribution is 2.50. The molecule has 0 aromatic rings. The number of carbonyl (C=O) groups excluding carboxylic acids is 1. The van der Waals surface area contributed by atoms with Gasteiger partial charge in [-0.25, -0.2) is 0 Å². The largest absolute Gasteiger partial charge is 0.394 e. The van der Waals surface area contributed by atoms with Crippen LogP contribution in [0, 0.1) is 11.3 Å². The van der Waals surface area contributed by atoms with Crippen LogP contribution in [0.5, 0.6) is 0 Å². The molecule has 0 amide bonds. The lowest BCUT2D eigenvalue weighted by Gasteiger charge is -2.48. The third-order valence-electron chi connectivity index (χ3n) is 5.86. The molecule has 0 radical (unpaired) electrons. The first kappa shape index (κ1) is 19.9. The molecule has 1 heterocycles. The zero-order valence-corrected chi connectivity index (χ0v) is 15.0. The molecule has 1 aliphatic heterocycles. The van der Waals surface area contributed by atoms with Gasteiger partial charge in [-0.05, 0) is 23.8 Å². The Labute approximate surface area is 152 Å². The van der Waals surface area contributed by atoms with Crippen LogP contribution in [0.1, 0.15) is 39.5 Å². The summed E-state index contributed by atoms with van der Waals surface area (Å²) in [7, 11) is 0. The predicted molar refractivity (Wildman–Crippen MR) is 88.6 cm³/mol. The quantitative estimate of drug-likeness (QED) is 0.407. The third-order valence-corrected chi connectivity index (χ3v) is 5.86. The van der Waals surface area contributed by atoms with Gasteiger partial charge in [0.1, 0.15) is 24.4 Å². The van der Waals surface area contributed by atoms with Gasteiger partial charge in [0.2, 0.25) is 0 Å². The van der Waals surface area contributed by atoms with Gasteiger partial charge in [-0.2, -0.15) is 0 Å². The summed E-state index contributed by atoms with van der Waals surface area (Å²) < 4.78 is 10.9. The fourth-order valence-corrected chi connectivity index (χ4v) is 4.44. The lowest BCUT2D eigenvalue weighted by Crippen LogP contribution is -2.61. The third kappa shape index (κ3) is 3.60. The first-order valence-corrected chi connectivity index (χ1v) is 9.00. The highest BCUT2D eigenvalue weighted by atomic mass is 16.8. The Hall–Kier alpha value is -0.870. The number of hydrogen-bond donors (Lipinski definition) is 5. The smallest absolute Gasteiger partial charge is 0.189 e. The van der Waals surface area contributed by atoms with E-state index in [9.17, 15) is 30.3 Å². The molecule has 8 nitrogen and oxygen atoms in total. The van der Waals surface area contributed by atoms with Crippen molar-refractivity contribution >= 4 is 5.78 Å². The number of ketones is 1. The summed E-state index contributed by atoms with van der Waals surface area (Å²) in [4.78, 5) is 12.0. The first-order chi connectivity index (χ1) is 12.1. The van der Waals surface area contributed by atoms with Gasteiger partial charge in [0.15, 0.2) is 17.9 Å². The normalized spacial score (nSPS) is 45.8. The van der Waals surface area contributed by atoms with E-state index in [-0.39, 0.29) is 30.0 Å². The Balaban J connectivity index is 1.75. The molecule has 2 aliphatic carbocycles. The summed E-state index contributed by atoms with van der Waals surface area (Å²) in [6, 6.07) is 0. The van der Waals surface area contributed by atoms with E-state index in [0.29, 0.717) is 12.8 Å². The maximum absolute atomic E-state index is 12.0. The van der Waals surface area contributed by atoms with E-state index in [1.807, 2.05) is 13.8 Å². The first-order valence-electron chi connectivity index (χ1n) is 9.00. The van der Waals surface area contributed by atoms with Crippen molar-refractivity contribution < 1.29 is 39.8 Å². The van der Waals surface area contributed by atoms with E-state index in [0.717, 1.165) is 5.57 Å². The summed E-state index contributed by atoms with van der Waals surface area (Å²) in [5.74, 6) is -1.49. The van der Waals surface area contributed by atoms with Crippen molar-refractivity contribution in [2.75, 3.05) is 6.61 Å². The number of ether oxygens (including phenoxy) is 2. The van der Waals surface area contributed by atoms with Crippen LogP contribution in [-0.2, 0) is 14.3 Å². The second-order valence-electron chi connectivity index (χ2n) is 8.38. The summed E-state index contributed by atoms with van der Waals surface area (Å²) in [6.07, 6.45) is -4.12. The SMILES string of the molecule is CC1(C)CC(=O)C=C2C[C@@](O)(O[C@@H]3O[C@H](CO)[C@@H](O)[C@H](O)[C@H]3O)CCC21. The number of allylic oxidation sites excluding steroid dienone is 1. The maximum atomic E-state index is 12.0. The van der Waals surface area contributed by atoms with Crippen molar-refractivity contribution in [1.82, 2.24) is 0 Å². The number of fused-ring (bicyclic) bond motifs is 1. The lowest BCUT2D eigenvalue weighted by molar-refractivity contribution is -0.365. The van der Waals surface area contributed by atoms with Crippen LogP contribution in [0.3, 0.4) is 0 Å². The molecule has 1 saturated heterocycles. The molecule has 2 fully saturated rings. The van der Waals surface area contributed by atoms with Crippen LogP contribution in [0.25, 0.3) is 0 Å². The van der Waals surface area contributed by atoms with Gasteiger partial charge in [-0.3, -0.25) is 4.79 Å². The van der Waals surface area contributed by atoms with E-state index in [4.69, 9.17) is 9.47 Å². The van der Waals surface area contributed by atoms with Crippen LogP contribution >= 0.6 is 0 Å². The molecule has 148 valence electrons. The monoisotopic (exact) mass is 372 g/mol. The number of rotatable bonds is 3. The van der Waals surface area contributed by atoms with Crippen LogP contribution in [0.15, 0.2) is 11.6 Å². The molecule has 7 atom stereocenters. The van der Waals surface area contributed by atoms with Gasteiger partial charge in [-0.1, -0.05) is 19.4 Å². The minimum Gasteiger partial charge on any atom is -0.394 e.